The number of aromatic nitrogens is 2. The minimum atomic E-state index is -0.0796. The zero-order valence-corrected chi connectivity index (χ0v) is 10.7. The van der Waals surface area contributed by atoms with Crippen LogP contribution in [0.5, 0.6) is 0 Å². The molecule has 100 valence electrons. The molecule has 0 aliphatic heterocycles. The van der Waals surface area contributed by atoms with E-state index in [9.17, 15) is 4.79 Å². The third kappa shape index (κ3) is 4.18. The topological polar surface area (TPSA) is 80.0 Å². The van der Waals surface area contributed by atoms with Gasteiger partial charge in [-0.3, -0.25) is 10.1 Å². The molecule has 0 aliphatic carbocycles. The minimum absolute atomic E-state index is 0.0796. The molecule has 0 saturated heterocycles. The summed E-state index contributed by atoms with van der Waals surface area (Å²) >= 11 is 0. The lowest BCUT2D eigenvalue weighted by Gasteiger charge is -1.99. The maximum atomic E-state index is 11.0. The second-order valence-electron chi connectivity index (χ2n) is 4.04. The number of carbonyl (C=O) groups is 1. The van der Waals surface area contributed by atoms with Crippen LogP contribution in [0.3, 0.4) is 0 Å². The first-order chi connectivity index (χ1) is 9.28. The summed E-state index contributed by atoms with van der Waals surface area (Å²) in [6.07, 6.45) is 0.639. The predicted molar refractivity (Wildman–Crippen MR) is 69.3 cm³/mol. The fourth-order valence-electron chi connectivity index (χ4n) is 1.58. The van der Waals surface area contributed by atoms with Crippen LogP contribution in [0.2, 0.25) is 0 Å². The number of benzene rings is 1. The van der Waals surface area contributed by atoms with E-state index < -0.39 is 0 Å². The molecule has 2 rings (SSSR count). The Bertz CT molecular complexity index is 524. The van der Waals surface area contributed by atoms with Gasteiger partial charge in [-0.05, 0) is 5.56 Å². The maximum absolute atomic E-state index is 11.0. The van der Waals surface area contributed by atoms with Gasteiger partial charge in [0.15, 0.2) is 5.82 Å². The number of carbonyl (C=O) groups excluding carboxylic acids is 1. The zero-order chi connectivity index (χ0) is 13.5. The van der Waals surface area contributed by atoms with Crippen LogP contribution >= 0.6 is 0 Å². The second-order valence-corrected chi connectivity index (χ2v) is 4.04. The Balaban J connectivity index is 1.84. The lowest BCUT2D eigenvalue weighted by Crippen LogP contribution is -2.31. The average molecular weight is 260 g/mol. The highest BCUT2D eigenvalue weighted by atomic mass is 16.5. The molecular weight excluding hydrogens is 244 g/mol. The zero-order valence-electron chi connectivity index (χ0n) is 10.7. The van der Waals surface area contributed by atoms with Gasteiger partial charge in [-0.1, -0.05) is 35.5 Å². The van der Waals surface area contributed by atoms with Gasteiger partial charge in [-0.15, -0.1) is 0 Å². The molecule has 1 aromatic carbocycles. The van der Waals surface area contributed by atoms with Crippen molar-refractivity contribution in [3.63, 3.8) is 0 Å². The quantitative estimate of drug-likeness (QED) is 0.790. The van der Waals surface area contributed by atoms with Gasteiger partial charge >= 0.3 is 0 Å². The summed E-state index contributed by atoms with van der Waals surface area (Å²) in [6.45, 7) is 0.613. The van der Waals surface area contributed by atoms with E-state index in [1.807, 2.05) is 30.3 Å². The van der Waals surface area contributed by atoms with Crippen molar-refractivity contribution in [2.75, 3.05) is 13.6 Å². The molecule has 0 radical (unpaired) electrons. The Morgan fingerprint density at radius 3 is 2.84 bits per heavy atom. The molecule has 0 unspecified atom stereocenters. The van der Waals surface area contributed by atoms with Crippen LogP contribution in [-0.4, -0.2) is 29.6 Å². The molecule has 0 bridgehead atoms. The summed E-state index contributed by atoms with van der Waals surface area (Å²) in [6, 6.07) is 9.94. The molecule has 2 N–H and O–H groups in total. The number of rotatable bonds is 6. The Morgan fingerprint density at radius 1 is 1.32 bits per heavy atom. The van der Waals surface area contributed by atoms with Gasteiger partial charge < -0.3 is 9.84 Å². The molecule has 0 saturated carbocycles. The molecule has 1 heterocycles. The highest BCUT2D eigenvalue weighted by molar-refractivity contribution is 5.77. The lowest BCUT2D eigenvalue weighted by atomic mass is 10.1. The third-order valence-electron chi connectivity index (χ3n) is 2.56. The first-order valence-corrected chi connectivity index (χ1v) is 6.04. The number of amides is 1. The summed E-state index contributed by atoms with van der Waals surface area (Å²) in [5.74, 6) is 1.04. The third-order valence-corrected chi connectivity index (χ3v) is 2.56. The van der Waals surface area contributed by atoms with E-state index in [2.05, 4.69) is 20.8 Å². The molecule has 1 amide bonds. The number of hydrogen-bond acceptors (Lipinski definition) is 5. The first kappa shape index (κ1) is 13.2. The SMILES string of the molecule is CNC(=O)CNCc1nc(Cc2ccccc2)no1. The maximum Gasteiger partial charge on any atom is 0.240 e. The summed E-state index contributed by atoms with van der Waals surface area (Å²) in [4.78, 5) is 15.3. The van der Waals surface area contributed by atoms with Crippen LogP contribution in [0, 0.1) is 0 Å². The van der Waals surface area contributed by atoms with Crippen molar-refractivity contribution in [1.82, 2.24) is 20.8 Å². The van der Waals surface area contributed by atoms with E-state index in [1.54, 1.807) is 7.05 Å². The van der Waals surface area contributed by atoms with E-state index >= 15 is 0 Å². The summed E-state index contributed by atoms with van der Waals surface area (Å²) in [5.41, 5.74) is 1.13. The Labute approximate surface area is 111 Å². The smallest absolute Gasteiger partial charge is 0.240 e. The highest BCUT2D eigenvalue weighted by Crippen LogP contribution is 2.06. The molecule has 0 spiro atoms. The van der Waals surface area contributed by atoms with Crippen molar-refractivity contribution in [3.8, 4) is 0 Å². The van der Waals surface area contributed by atoms with Gasteiger partial charge in [0.25, 0.3) is 0 Å². The van der Waals surface area contributed by atoms with Crippen molar-refractivity contribution in [2.45, 2.75) is 13.0 Å². The van der Waals surface area contributed by atoms with E-state index in [1.165, 1.54) is 0 Å². The van der Waals surface area contributed by atoms with Crippen LogP contribution in [0.4, 0.5) is 0 Å². The Kier molecular flexibility index (Phi) is 4.63. The van der Waals surface area contributed by atoms with Crippen LogP contribution in [0.15, 0.2) is 34.9 Å². The number of nitrogens with zero attached hydrogens (tertiary/aromatic N) is 2. The molecule has 0 aliphatic rings. The fraction of sp³-hybridized carbons (Fsp3) is 0.308. The van der Waals surface area contributed by atoms with Crippen molar-refractivity contribution in [1.29, 1.82) is 0 Å². The average Bonchev–Trinajstić information content (AvgIpc) is 2.87. The van der Waals surface area contributed by atoms with Gasteiger partial charge in [0.2, 0.25) is 11.8 Å². The van der Waals surface area contributed by atoms with Crippen molar-refractivity contribution >= 4 is 5.91 Å². The summed E-state index contributed by atoms with van der Waals surface area (Å²) in [5, 5.41) is 9.35. The summed E-state index contributed by atoms with van der Waals surface area (Å²) in [7, 11) is 1.59. The van der Waals surface area contributed by atoms with E-state index in [0.717, 1.165) is 5.56 Å². The molecule has 0 fully saturated rings. The fourth-order valence-corrected chi connectivity index (χ4v) is 1.58. The predicted octanol–water partition coefficient (Wildman–Crippen LogP) is 0.496. The van der Waals surface area contributed by atoms with Crippen LogP contribution < -0.4 is 10.6 Å². The lowest BCUT2D eigenvalue weighted by molar-refractivity contribution is -0.119. The highest BCUT2D eigenvalue weighted by Gasteiger charge is 2.07. The Morgan fingerprint density at radius 2 is 2.11 bits per heavy atom. The molecule has 2 aromatic rings. The molecule has 6 heteroatoms. The van der Waals surface area contributed by atoms with Crippen molar-refractivity contribution < 1.29 is 9.32 Å². The van der Waals surface area contributed by atoms with Gasteiger partial charge in [-0.2, -0.15) is 4.98 Å². The van der Waals surface area contributed by atoms with Crippen LogP contribution in [0.1, 0.15) is 17.3 Å². The van der Waals surface area contributed by atoms with Gasteiger partial charge in [-0.25, -0.2) is 0 Å². The molecule has 6 nitrogen and oxygen atoms in total. The number of hydrogen-bond donors (Lipinski definition) is 2. The normalized spacial score (nSPS) is 10.4. The first-order valence-electron chi connectivity index (χ1n) is 6.04. The number of likely N-dealkylation sites (N-methyl/N-ethyl adjacent to an activating group) is 1. The Hall–Kier alpha value is -2.21. The van der Waals surface area contributed by atoms with E-state index in [-0.39, 0.29) is 12.5 Å². The molecule has 1 aromatic heterocycles. The molecule has 0 atom stereocenters. The van der Waals surface area contributed by atoms with Crippen LogP contribution in [0.25, 0.3) is 0 Å². The largest absolute Gasteiger partial charge is 0.358 e. The van der Waals surface area contributed by atoms with Crippen molar-refractivity contribution in [2.24, 2.45) is 0 Å². The summed E-state index contributed by atoms with van der Waals surface area (Å²) < 4.78 is 5.10. The van der Waals surface area contributed by atoms with Crippen molar-refractivity contribution in [3.05, 3.63) is 47.6 Å². The number of nitrogens with one attached hydrogen (secondary N) is 2. The monoisotopic (exact) mass is 260 g/mol. The van der Waals surface area contributed by atoms with Gasteiger partial charge in [0.1, 0.15) is 0 Å². The van der Waals surface area contributed by atoms with E-state index in [4.69, 9.17) is 4.52 Å². The standard InChI is InChI=1S/C13H16N4O2/c1-14-12(18)8-15-9-13-16-11(17-19-13)7-10-5-3-2-4-6-10/h2-6,15H,7-9H2,1H3,(H,14,18). The van der Waals surface area contributed by atoms with E-state index in [0.29, 0.717) is 24.7 Å². The van der Waals surface area contributed by atoms with Gasteiger partial charge in [0.05, 0.1) is 13.1 Å². The van der Waals surface area contributed by atoms with Gasteiger partial charge in [0, 0.05) is 13.5 Å². The second kappa shape index (κ2) is 6.65. The minimum Gasteiger partial charge on any atom is -0.358 e. The molecule has 19 heavy (non-hydrogen) atoms. The molecular formula is C13H16N4O2. The van der Waals surface area contributed by atoms with Crippen LogP contribution in [-0.2, 0) is 17.8 Å².